The van der Waals surface area contributed by atoms with E-state index in [1.807, 2.05) is 53.4 Å². The summed E-state index contributed by atoms with van der Waals surface area (Å²) in [6.07, 6.45) is 5.30. The number of benzene rings is 1. The third-order valence-corrected chi connectivity index (χ3v) is 5.08. The second kappa shape index (κ2) is 6.29. The molecule has 2 amide bonds. The van der Waals surface area contributed by atoms with Crippen molar-refractivity contribution in [3.63, 3.8) is 0 Å². The van der Waals surface area contributed by atoms with Crippen LogP contribution < -0.4 is 10.2 Å². The zero-order chi connectivity index (χ0) is 16.4. The minimum atomic E-state index is -0.517. The van der Waals surface area contributed by atoms with Crippen LogP contribution in [0.15, 0.2) is 48.8 Å². The van der Waals surface area contributed by atoms with Gasteiger partial charge in [-0.1, -0.05) is 28.1 Å². The highest BCUT2D eigenvalue weighted by Crippen LogP contribution is 2.39. The minimum Gasteiger partial charge on any atom is -0.364 e. The lowest BCUT2D eigenvalue weighted by atomic mass is 10.1. The minimum absolute atomic E-state index is 0.00502. The summed E-state index contributed by atoms with van der Waals surface area (Å²) >= 11 is 3.28. The van der Waals surface area contributed by atoms with Crippen molar-refractivity contribution in [2.45, 2.75) is 18.9 Å². The summed E-state index contributed by atoms with van der Waals surface area (Å²) in [6.45, 7) is 0.594. The van der Waals surface area contributed by atoms with E-state index in [1.165, 1.54) is 0 Å². The molecule has 1 aliphatic rings. The van der Waals surface area contributed by atoms with Crippen molar-refractivity contribution in [1.29, 1.82) is 0 Å². The molecule has 120 valence electrons. The van der Waals surface area contributed by atoms with Crippen LogP contribution in [0.25, 0.3) is 5.69 Å². The number of halogens is 1. The summed E-state index contributed by atoms with van der Waals surface area (Å²) < 4.78 is 1.96. The first kappa shape index (κ1) is 16.0. The number of rotatable bonds is 4. The van der Waals surface area contributed by atoms with Crippen molar-refractivity contribution in [3.8, 4) is 5.69 Å². The number of alkyl halides is 1. The number of nitrogens with two attached hydrogens (primary N) is 1. The van der Waals surface area contributed by atoms with E-state index in [4.69, 9.17) is 5.73 Å². The SMILES string of the molecule is NC(=O)[C@@H]1CCC[N+]1(C(=O)CBr)c1ccccc1-n1cccc1. The Balaban J connectivity index is 2.24. The predicted octanol–water partition coefficient (Wildman–Crippen LogP) is 2.35. The highest BCUT2D eigenvalue weighted by atomic mass is 79.9. The normalized spacial score (nSPS) is 23.8. The van der Waals surface area contributed by atoms with Gasteiger partial charge in [0.25, 0.3) is 5.91 Å². The molecule has 0 spiro atoms. The Morgan fingerprint density at radius 1 is 1.22 bits per heavy atom. The molecule has 0 saturated carbocycles. The van der Waals surface area contributed by atoms with E-state index in [0.717, 1.165) is 17.8 Å². The maximum Gasteiger partial charge on any atom is 0.330 e. The summed E-state index contributed by atoms with van der Waals surface area (Å²) in [7, 11) is 0. The third kappa shape index (κ3) is 2.52. The van der Waals surface area contributed by atoms with Crippen LogP contribution in [0.2, 0.25) is 0 Å². The van der Waals surface area contributed by atoms with E-state index in [-0.39, 0.29) is 15.7 Å². The number of amides is 2. The molecule has 2 heterocycles. The highest BCUT2D eigenvalue weighted by Gasteiger charge is 2.53. The molecule has 0 bridgehead atoms. The number of primary amides is 1. The van der Waals surface area contributed by atoms with Gasteiger partial charge in [0.15, 0.2) is 11.7 Å². The average molecular weight is 377 g/mol. The first-order valence-electron chi connectivity index (χ1n) is 7.60. The van der Waals surface area contributed by atoms with Gasteiger partial charge < -0.3 is 10.3 Å². The summed E-state index contributed by atoms with van der Waals surface area (Å²) in [5, 5.41) is 0.191. The van der Waals surface area contributed by atoms with Gasteiger partial charge in [-0.3, -0.25) is 4.79 Å². The monoisotopic (exact) mass is 376 g/mol. The number of quaternary nitrogens is 1. The molecule has 2 aromatic rings. The van der Waals surface area contributed by atoms with Crippen molar-refractivity contribution in [2.24, 2.45) is 5.73 Å². The molecular formula is C17H19BrN3O2+. The fraction of sp³-hybridized carbons (Fsp3) is 0.294. The third-order valence-electron chi connectivity index (χ3n) is 4.60. The molecule has 1 saturated heterocycles. The van der Waals surface area contributed by atoms with Crippen molar-refractivity contribution >= 4 is 33.4 Å². The van der Waals surface area contributed by atoms with Crippen molar-refractivity contribution in [1.82, 2.24) is 9.05 Å². The number of carbonyl (C=O) groups excluding carboxylic acids is 2. The van der Waals surface area contributed by atoms with Crippen LogP contribution in [0, 0.1) is 0 Å². The van der Waals surface area contributed by atoms with Crippen LogP contribution in [0.4, 0.5) is 5.69 Å². The molecule has 23 heavy (non-hydrogen) atoms. The van der Waals surface area contributed by atoms with Gasteiger partial charge in [0.05, 0.1) is 6.54 Å². The number of para-hydroxylation sites is 2. The maximum absolute atomic E-state index is 12.9. The summed E-state index contributed by atoms with van der Waals surface area (Å²) in [4.78, 5) is 24.9. The first-order valence-corrected chi connectivity index (χ1v) is 8.73. The maximum atomic E-state index is 12.9. The standard InChI is InChI=1S/C17H18BrN3O2/c18-12-16(22)21(11-5-8-15(21)17(19)23)14-7-2-1-6-13(14)20-9-3-4-10-20/h1-4,6-7,9-10,15H,5,8,11-12H2,(H-,19,23)/p+1/t15-,21?/m0/s1. The topological polar surface area (TPSA) is 65.1 Å². The molecule has 1 fully saturated rings. The molecular weight excluding hydrogens is 358 g/mol. The van der Waals surface area contributed by atoms with Gasteiger partial charge in [-0.05, 0) is 18.2 Å². The molecule has 0 aliphatic carbocycles. The van der Waals surface area contributed by atoms with E-state index < -0.39 is 11.9 Å². The van der Waals surface area contributed by atoms with Gasteiger partial charge in [0.1, 0.15) is 11.0 Å². The Kier molecular flexibility index (Phi) is 4.37. The zero-order valence-electron chi connectivity index (χ0n) is 12.7. The Morgan fingerprint density at radius 3 is 2.57 bits per heavy atom. The zero-order valence-corrected chi connectivity index (χ0v) is 14.3. The predicted molar refractivity (Wildman–Crippen MR) is 93.4 cm³/mol. The second-order valence-electron chi connectivity index (χ2n) is 5.76. The van der Waals surface area contributed by atoms with E-state index in [0.29, 0.717) is 13.0 Å². The van der Waals surface area contributed by atoms with Crippen molar-refractivity contribution < 1.29 is 9.59 Å². The van der Waals surface area contributed by atoms with Gasteiger partial charge >= 0.3 is 5.91 Å². The molecule has 6 heteroatoms. The summed E-state index contributed by atoms with van der Waals surface area (Å²) in [5.74, 6) is -0.454. The van der Waals surface area contributed by atoms with E-state index in [9.17, 15) is 9.59 Å². The largest absolute Gasteiger partial charge is 0.364 e. The van der Waals surface area contributed by atoms with Gasteiger partial charge in [-0.25, -0.2) is 9.28 Å². The number of nitrogens with zero attached hydrogens (tertiary/aromatic N) is 2. The summed E-state index contributed by atoms with van der Waals surface area (Å²) in [6, 6.07) is 11.1. The molecule has 3 rings (SSSR count). The lowest BCUT2D eigenvalue weighted by molar-refractivity contribution is -0.134. The van der Waals surface area contributed by atoms with Gasteiger partial charge in [-0.2, -0.15) is 0 Å². The number of carbonyl (C=O) groups is 2. The van der Waals surface area contributed by atoms with Crippen LogP contribution in [-0.4, -0.2) is 34.3 Å². The molecule has 1 aliphatic heterocycles. The van der Waals surface area contributed by atoms with Crippen molar-refractivity contribution in [2.75, 3.05) is 11.9 Å². The molecule has 0 radical (unpaired) electrons. The van der Waals surface area contributed by atoms with Gasteiger partial charge in [0, 0.05) is 31.3 Å². The van der Waals surface area contributed by atoms with E-state index in [2.05, 4.69) is 15.9 Å². The highest BCUT2D eigenvalue weighted by molar-refractivity contribution is 9.09. The molecule has 2 N–H and O–H groups in total. The Morgan fingerprint density at radius 2 is 1.91 bits per heavy atom. The average Bonchev–Trinajstić information content (AvgIpc) is 3.24. The van der Waals surface area contributed by atoms with Gasteiger partial charge in [0.2, 0.25) is 0 Å². The van der Waals surface area contributed by atoms with E-state index >= 15 is 0 Å². The van der Waals surface area contributed by atoms with Crippen LogP contribution >= 0.6 is 15.9 Å². The Hall–Kier alpha value is -1.92. The number of aromatic nitrogens is 1. The summed E-state index contributed by atoms with van der Waals surface area (Å²) in [5.41, 5.74) is 7.37. The smallest absolute Gasteiger partial charge is 0.330 e. The molecule has 1 unspecified atom stereocenters. The fourth-order valence-electron chi connectivity index (χ4n) is 3.61. The molecule has 2 atom stereocenters. The number of likely N-dealkylation sites (tertiary alicyclic amines) is 1. The Bertz CT molecular complexity index is 729. The van der Waals surface area contributed by atoms with Crippen LogP contribution in [0.5, 0.6) is 0 Å². The lowest BCUT2D eigenvalue weighted by Gasteiger charge is -2.36. The number of hydrogen-bond donors (Lipinski definition) is 1. The first-order chi connectivity index (χ1) is 11.1. The van der Waals surface area contributed by atoms with Crippen LogP contribution in [0.1, 0.15) is 12.8 Å². The quantitative estimate of drug-likeness (QED) is 0.657. The molecule has 1 aromatic carbocycles. The number of hydrogen-bond acceptors (Lipinski definition) is 2. The second-order valence-corrected chi connectivity index (χ2v) is 6.32. The molecule has 5 nitrogen and oxygen atoms in total. The van der Waals surface area contributed by atoms with Crippen molar-refractivity contribution in [3.05, 3.63) is 48.8 Å². The Labute approximate surface area is 143 Å². The lowest BCUT2D eigenvalue weighted by Crippen LogP contribution is -2.62. The van der Waals surface area contributed by atoms with Crippen LogP contribution in [-0.2, 0) is 9.59 Å². The van der Waals surface area contributed by atoms with Gasteiger partial charge in [-0.15, -0.1) is 0 Å². The fourth-order valence-corrected chi connectivity index (χ4v) is 4.06. The van der Waals surface area contributed by atoms with Crippen LogP contribution in [0.3, 0.4) is 0 Å². The molecule has 1 aromatic heterocycles. The van der Waals surface area contributed by atoms with E-state index in [1.54, 1.807) is 0 Å².